The molecule has 0 bridgehead atoms. The van der Waals surface area contributed by atoms with Crippen LogP contribution < -0.4 is 24.3 Å². The fourth-order valence-corrected chi connectivity index (χ4v) is 3.18. The van der Waals surface area contributed by atoms with Crippen LogP contribution in [0.5, 0.6) is 23.0 Å². The van der Waals surface area contributed by atoms with Crippen molar-refractivity contribution in [2.24, 2.45) is 0 Å². The molecule has 2 aromatic carbocycles. The minimum absolute atomic E-state index is 0.223. The van der Waals surface area contributed by atoms with Crippen LogP contribution in [-0.2, 0) is 0 Å². The molecule has 1 N–H and O–H groups in total. The predicted octanol–water partition coefficient (Wildman–Crippen LogP) is 4.36. The molecule has 1 atom stereocenters. The molecule has 0 fully saturated rings. The van der Waals surface area contributed by atoms with Crippen molar-refractivity contribution in [1.29, 1.82) is 0 Å². The number of rotatable bonds is 8. The smallest absolute Gasteiger partial charge is 0.251 e. The van der Waals surface area contributed by atoms with E-state index >= 15 is 0 Å². The van der Waals surface area contributed by atoms with Gasteiger partial charge in [-0.25, -0.2) is 0 Å². The standard InChI is InChI=1S/C20H24BrNO5/c1-6-27-19-15(21)9-14(11-18(19)26-5)20(23)22-12(2)13-7-8-16(24-3)17(10-13)25-4/h7-12H,6H2,1-5H3,(H,22,23). The van der Waals surface area contributed by atoms with E-state index in [0.29, 0.717) is 39.6 Å². The number of methoxy groups -OCH3 is 3. The van der Waals surface area contributed by atoms with Gasteiger partial charge in [0.1, 0.15) is 0 Å². The summed E-state index contributed by atoms with van der Waals surface area (Å²) in [5.41, 5.74) is 1.37. The van der Waals surface area contributed by atoms with Gasteiger partial charge in [0, 0.05) is 5.56 Å². The van der Waals surface area contributed by atoms with E-state index in [9.17, 15) is 4.79 Å². The molecule has 2 aromatic rings. The number of carbonyl (C=O) groups is 1. The second-order valence-electron chi connectivity index (χ2n) is 5.73. The molecule has 1 unspecified atom stereocenters. The van der Waals surface area contributed by atoms with Crippen molar-refractivity contribution >= 4 is 21.8 Å². The van der Waals surface area contributed by atoms with Gasteiger partial charge in [-0.15, -0.1) is 0 Å². The fourth-order valence-electron chi connectivity index (χ4n) is 2.62. The Kier molecular flexibility index (Phi) is 7.36. The fraction of sp³-hybridized carbons (Fsp3) is 0.350. The molecule has 0 aromatic heterocycles. The maximum absolute atomic E-state index is 12.7. The quantitative estimate of drug-likeness (QED) is 0.664. The van der Waals surface area contributed by atoms with E-state index in [2.05, 4.69) is 21.2 Å². The Morgan fingerprint density at radius 1 is 1.04 bits per heavy atom. The third-order valence-corrected chi connectivity index (χ3v) is 4.62. The van der Waals surface area contributed by atoms with Crippen LogP contribution in [0.25, 0.3) is 0 Å². The van der Waals surface area contributed by atoms with Crippen molar-refractivity contribution in [2.45, 2.75) is 19.9 Å². The molecule has 27 heavy (non-hydrogen) atoms. The van der Waals surface area contributed by atoms with Gasteiger partial charge in [0.05, 0.1) is 38.5 Å². The number of halogens is 1. The van der Waals surface area contributed by atoms with Crippen molar-refractivity contribution in [2.75, 3.05) is 27.9 Å². The van der Waals surface area contributed by atoms with Gasteiger partial charge >= 0.3 is 0 Å². The molecular weight excluding hydrogens is 414 g/mol. The molecule has 0 saturated carbocycles. The van der Waals surface area contributed by atoms with E-state index < -0.39 is 0 Å². The Morgan fingerprint density at radius 2 is 1.70 bits per heavy atom. The van der Waals surface area contributed by atoms with Gasteiger partial charge < -0.3 is 24.3 Å². The number of carbonyl (C=O) groups excluding carboxylic acids is 1. The van der Waals surface area contributed by atoms with Gasteiger partial charge in [0.25, 0.3) is 5.91 Å². The molecule has 1 amide bonds. The summed E-state index contributed by atoms with van der Waals surface area (Å²) < 4.78 is 22.1. The van der Waals surface area contributed by atoms with Gasteiger partial charge in [-0.3, -0.25) is 4.79 Å². The van der Waals surface area contributed by atoms with E-state index in [4.69, 9.17) is 18.9 Å². The lowest BCUT2D eigenvalue weighted by atomic mass is 10.1. The lowest BCUT2D eigenvalue weighted by Crippen LogP contribution is -2.26. The predicted molar refractivity (Wildman–Crippen MR) is 107 cm³/mol. The lowest BCUT2D eigenvalue weighted by molar-refractivity contribution is 0.0939. The van der Waals surface area contributed by atoms with E-state index in [1.165, 1.54) is 7.11 Å². The third kappa shape index (κ3) is 4.86. The van der Waals surface area contributed by atoms with Crippen LogP contribution in [0, 0.1) is 0 Å². The molecule has 146 valence electrons. The molecule has 0 aliphatic rings. The Balaban J connectivity index is 2.22. The molecule has 0 radical (unpaired) electrons. The van der Waals surface area contributed by atoms with Crippen LogP contribution in [0.3, 0.4) is 0 Å². The molecule has 7 heteroatoms. The van der Waals surface area contributed by atoms with Crippen LogP contribution >= 0.6 is 15.9 Å². The van der Waals surface area contributed by atoms with E-state index in [0.717, 1.165) is 5.56 Å². The Hall–Kier alpha value is -2.41. The highest BCUT2D eigenvalue weighted by atomic mass is 79.9. The average molecular weight is 438 g/mol. The van der Waals surface area contributed by atoms with Gasteiger partial charge in [-0.05, 0) is 59.6 Å². The summed E-state index contributed by atoms with van der Waals surface area (Å²) in [7, 11) is 4.70. The number of amides is 1. The van der Waals surface area contributed by atoms with Gasteiger partial charge in [0.2, 0.25) is 0 Å². The second kappa shape index (κ2) is 9.50. The molecular formula is C20H24BrNO5. The SMILES string of the molecule is CCOc1c(Br)cc(C(=O)NC(C)c2ccc(OC)c(OC)c2)cc1OC. The van der Waals surface area contributed by atoms with Crippen molar-refractivity contribution in [1.82, 2.24) is 5.32 Å². The average Bonchev–Trinajstić information content (AvgIpc) is 2.68. The first-order chi connectivity index (χ1) is 12.9. The first kappa shape index (κ1) is 20.9. The zero-order valence-electron chi connectivity index (χ0n) is 16.1. The van der Waals surface area contributed by atoms with E-state index in [-0.39, 0.29) is 11.9 Å². The molecule has 6 nitrogen and oxygen atoms in total. The Morgan fingerprint density at radius 3 is 2.30 bits per heavy atom. The molecule has 0 spiro atoms. The molecule has 0 heterocycles. The minimum atomic E-state index is -0.228. The van der Waals surface area contributed by atoms with Gasteiger partial charge in [-0.2, -0.15) is 0 Å². The molecule has 0 saturated heterocycles. The van der Waals surface area contributed by atoms with Crippen molar-refractivity contribution < 1.29 is 23.7 Å². The summed E-state index contributed by atoms with van der Waals surface area (Å²) in [5, 5.41) is 2.98. The first-order valence-corrected chi connectivity index (χ1v) is 9.27. The lowest BCUT2D eigenvalue weighted by Gasteiger charge is -2.18. The topological polar surface area (TPSA) is 66.0 Å². The summed E-state index contributed by atoms with van der Waals surface area (Å²) >= 11 is 3.44. The maximum atomic E-state index is 12.7. The summed E-state index contributed by atoms with van der Waals surface area (Å²) in [4.78, 5) is 12.7. The van der Waals surface area contributed by atoms with Crippen molar-refractivity contribution in [3.8, 4) is 23.0 Å². The zero-order chi connectivity index (χ0) is 20.0. The summed E-state index contributed by atoms with van der Waals surface area (Å²) in [5.74, 6) is 2.10. The van der Waals surface area contributed by atoms with Gasteiger partial charge in [-0.1, -0.05) is 6.07 Å². The van der Waals surface area contributed by atoms with E-state index in [1.54, 1.807) is 26.4 Å². The number of ether oxygens (including phenoxy) is 4. The van der Waals surface area contributed by atoms with Crippen LogP contribution in [-0.4, -0.2) is 33.8 Å². The summed E-state index contributed by atoms with van der Waals surface area (Å²) in [6, 6.07) is 8.69. The molecule has 2 rings (SSSR count). The second-order valence-corrected chi connectivity index (χ2v) is 6.59. The normalized spacial score (nSPS) is 11.5. The third-order valence-electron chi connectivity index (χ3n) is 4.04. The van der Waals surface area contributed by atoms with Crippen molar-refractivity contribution in [3.63, 3.8) is 0 Å². The van der Waals surface area contributed by atoms with Crippen LogP contribution in [0.15, 0.2) is 34.8 Å². The largest absolute Gasteiger partial charge is 0.493 e. The number of hydrogen-bond acceptors (Lipinski definition) is 5. The number of benzene rings is 2. The molecule has 0 aliphatic carbocycles. The summed E-state index contributed by atoms with van der Waals surface area (Å²) in [6.45, 7) is 4.29. The van der Waals surface area contributed by atoms with Crippen LogP contribution in [0.1, 0.15) is 35.8 Å². The summed E-state index contributed by atoms with van der Waals surface area (Å²) in [6.07, 6.45) is 0. The Labute approximate surface area is 167 Å². The first-order valence-electron chi connectivity index (χ1n) is 8.48. The highest BCUT2D eigenvalue weighted by molar-refractivity contribution is 9.10. The number of nitrogens with one attached hydrogen (secondary N) is 1. The van der Waals surface area contributed by atoms with Crippen LogP contribution in [0.2, 0.25) is 0 Å². The van der Waals surface area contributed by atoms with Crippen LogP contribution in [0.4, 0.5) is 0 Å². The van der Waals surface area contributed by atoms with E-state index in [1.807, 2.05) is 32.0 Å². The molecule has 0 aliphatic heterocycles. The van der Waals surface area contributed by atoms with Crippen molar-refractivity contribution in [3.05, 3.63) is 45.9 Å². The maximum Gasteiger partial charge on any atom is 0.251 e. The number of hydrogen-bond donors (Lipinski definition) is 1. The zero-order valence-corrected chi connectivity index (χ0v) is 17.7. The minimum Gasteiger partial charge on any atom is -0.493 e. The van der Waals surface area contributed by atoms with Gasteiger partial charge in [0.15, 0.2) is 23.0 Å². The monoisotopic (exact) mass is 437 g/mol. The highest BCUT2D eigenvalue weighted by Gasteiger charge is 2.18. The Bertz CT molecular complexity index is 809. The highest BCUT2D eigenvalue weighted by Crippen LogP contribution is 2.37.